The van der Waals surface area contributed by atoms with Gasteiger partial charge in [-0.15, -0.1) is 0 Å². The van der Waals surface area contributed by atoms with Crippen LogP contribution in [0, 0.1) is 6.92 Å². The zero-order chi connectivity index (χ0) is 14.8. The zero-order valence-electron chi connectivity index (χ0n) is 10.6. The van der Waals surface area contributed by atoms with E-state index in [0.717, 1.165) is 21.7 Å². The zero-order valence-corrected chi connectivity index (χ0v) is 12.2. The Morgan fingerprint density at radius 2 is 1.95 bits per heavy atom. The highest BCUT2D eigenvalue weighted by molar-refractivity contribution is 9.10. The summed E-state index contributed by atoms with van der Waals surface area (Å²) in [4.78, 5) is 3.40. The van der Waals surface area contributed by atoms with Gasteiger partial charge in [-0.05, 0) is 36.2 Å². The third-order valence-corrected chi connectivity index (χ3v) is 3.48. The first-order valence-corrected chi connectivity index (χ1v) is 6.68. The molecule has 2 nitrogen and oxygen atoms in total. The van der Waals surface area contributed by atoms with Crippen molar-refractivity contribution in [3.63, 3.8) is 0 Å². The third kappa shape index (κ3) is 3.72. The van der Waals surface area contributed by atoms with Crippen LogP contribution in [0.15, 0.2) is 41.0 Å². The predicted octanol–water partition coefficient (Wildman–Crippen LogP) is 4.78. The molecule has 0 aliphatic carbocycles. The summed E-state index contributed by atoms with van der Waals surface area (Å²) in [5.41, 5.74) is 1.82. The van der Waals surface area contributed by atoms with Crippen LogP contribution in [0.4, 0.5) is 18.9 Å². The molecule has 1 N–H and O–H groups in total. The molecule has 0 fully saturated rings. The molecule has 0 radical (unpaired) electrons. The third-order valence-electron chi connectivity index (χ3n) is 2.75. The van der Waals surface area contributed by atoms with E-state index in [1.54, 1.807) is 0 Å². The van der Waals surface area contributed by atoms with E-state index < -0.39 is 11.9 Å². The molecule has 0 aliphatic heterocycles. The Morgan fingerprint density at radius 1 is 1.20 bits per heavy atom. The molecular weight excluding hydrogens is 333 g/mol. The second-order valence-corrected chi connectivity index (χ2v) is 5.23. The molecule has 0 bridgehead atoms. The first-order chi connectivity index (χ1) is 9.36. The average molecular weight is 345 g/mol. The Bertz CT molecular complexity index is 594. The van der Waals surface area contributed by atoms with Gasteiger partial charge in [0.1, 0.15) is 5.69 Å². The fourth-order valence-corrected chi connectivity index (χ4v) is 2.29. The van der Waals surface area contributed by atoms with Gasteiger partial charge in [0, 0.05) is 11.0 Å². The summed E-state index contributed by atoms with van der Waals surface area (Å²) in [5.74, 6) is 0. The van der Waals surface area contributed by atoms with Gasteiger partial charge >= 0.3 is 6.18 Å². The number of aryl methyl sites for hydroxylation is 1. The fraction of sp³-hybridized carbons (Fsp3) is 0.214. The van der Waals surface area contributed by atoms with Crippen molar-refractivity contribution in [3.05, 3.63) is 57.8 Å². The second-order valence-electron chi connectivity index (χ2n) is 4.38. The maximum atomic E-state index is 12.4. The number of nitrogens with zero attached hydrogens (tertiary/aromatic N) is 1. The maximum Gasteiger partial charge on any atom is 0.433 e. The van der Waals surface area contributed by atoms with Gasteiger partial charge in [-0.3, -0.25) is 0 Å². The summed E-state index contributed by atoms with van der Waals surface area (Å²) in [6, 6.07) is 8.27. The summed E-state index contributed by atoms with van der Waals surface area (Å²) in [6.07, 6.45) is -3.22. The van der Waals surface area contributed by atoms with Crippen LogP contribution in [0.3, 0.4) is 0 Å². The molecule has 1 aromatic heterocycles. The van der Waals surface area contributed by atoms with Crippen molar-refractivity contribution in [2.24, 2.45) is 0 Å². The number of aromatic nitrogens is 1. The Labute approximate surface area is 123 Å². The van der Waals surface area contributed by atoms with Crippen molar-refractivity contribution < 1.29 is 13.2 Å². The van der Waals surface area contributed by atoms with Crippen molar-refractivity contribution in [1.29, 1.82) is 0 Å². The van der Waals surface area contributed by atoms with Crippen LogP contribution in [0.5, 0.6) is 0 Å². The molecular formula is C14H12BrF3N2. The van der Waals surface area contributed by atoms with Gasteiger partial charge in [-0.1, -0.05) is 28.1 Å². The minimum Gasteiger partial charge on any atom is -0.380 e. The van der Waals surface area contributed by atoms with E-state index in [1.807, 2.05) is 25.1 Å². The molecule has 2 rings (SSSR count). The molecule has 106 valence electrons. The Kier molecular flexibility index (Phi) is 4.32. The smallest absolute Gasteiger partial charge is 0.380 e. The minimum atomic E-state index is -4.40. The number of alkyl halides is 3. The SMILES string of the molecule is Cc1ccc(CNc2ccc(C(F)(F)F)nc2)c(Br)c1. The molecule has 0 saturated heterocycles. The largest absolute Gasteiger partial charge is 0.433 e. The molecule has 0 amide bonds. The van der Waals surface area contributed by atoms with Crippen LogP contribution in [-0.2, 0) is 12.7 Å². The number of anilines is 1. The molecule has 20 heavy (non-hydrogen) atoms. The van der Waals surface area contributed by atoms with Gasteiger partial charge in [-0.2, -0.15) is 13.2 Å². The molecule has 1 heterocycles. The fourth-order valence-electron chi connectivity index (χ4n) is 1.66. The number of nitrogens with one attached hydrogen (secondary N) is 1. The van der Waals surface area contributed by atoms with Crippen molar-refractivity contribution in [3.8, 4) is 0 Å². The maximum absolute atomic E-state index is 12.4. The van der Waals surface area contributed by atoms with Crippen molar-refractivity contribution in [2.75, 3.05) is 5.32 Å². The van der Waals surface area contributed by atoms with Gasteiger partial charge in [0.05, 0.1) is 11.9 Å². The number of halogens is 4. The van der Waals surface area contributed by atoms with Gasteiger partial charge in [0.2, 0.25) is 0 Å². The van der Waals surface area contributed by atoms with Gasteiger partial charge < -0.3 is 5.32 Å². The number of hydrogen-bond donors (Lipinski definition) is 1. The monoisotopic (exact) mass is 344 g/mol. The van der Waals surface area contributed by atoms with Crippen molar-refractivity contribution in [1.82, 2.24) is 4.98 Å². The quantitative estimate of drug-likeness (QED) is 0.866. The van der Waals surface area contributed by atoms with Gasteiger partial charge in [0.25, 0.3) is 0 Å². The number of rotatable bonds is 3. The highest BCUT2D eigenvalue weighted by Gasteiger charge is 2.31. The lowest BCUT2D eigenvalue weighted by Crippen LogP contribution is -2.08. The lowest BCUT2D eigenvalue weighted by Gasteiger charge is -2.10. The standard InChI is InChI=1S/C14H12BrF3N2/c1-9-2-3-10(12(15)6-9)7-19-11-4-5-13(20-8-11)14(16,17)18/h2-6,8,19H,7H2,1H3. The summed E-state index contributed by atoms with van der Waals surface area (Å²) in [6.45, 7) is 2.50. The van der Waals surface area contributed by atoms with Crippen LogP contribution in [0.2, 0.25) is 0 Å². The van der Waals surface area contributed by atoms with Crippen LogP contribution < -0.4 is 5.32 Å². The molecule has 2 aromatic rings. The van der Waals surface area contributed by atoms with Crippen LogP contribution in [0.25, 0.3) is 0 Å². The van der Waals surface area contributed by atoms with E-state index in [9.17, 15) is 13.2 Å². The second kappa shape index (κ2) is 5.83. The van der Waals surface area contributed by atoms with Gasteiger partial charge in [-0.25, -0.2) is 4.98 Å². The molecule has 0 saturated carbocycles. The number of pyridine rings is 1. The number of hydrogen-bond acceptors (Lipinski definition) is 2. The lowest BCUT2D eigenvalue weighted by atomic mass is 10.1. The lowest BCUT2D eigenvalue weighted by molar-refractivity contribution is -0.141. The van der Waals surface area contributed by atoms with Crippen LogP contribution in [-0.4, -0.2) is 4.98 Å². The van der Waals surface area contributed by atoms with E-state index in [0.29, 0.717) is 12.2 Å². The van der Waals surface area contributed by atoms with Crippen LogP contribution >= 0.6 is 15.9 Å². The van der Waals surface area contributed by atoms with E-state index in [-0.39, 0.29) is 0 Å². The topological polar surface area (TPSA) is 24.9 Å². The Balaban J connectivity index is 2.04. The van der Waals surface area contributed by atoms with Crippen molar-refractivity contribution >= 4 is 21.6 Å². The summed E-state index contributed by atoms with van der Waals surface area (Å²) in [7, 11) is 0. The summed E-state index contributed by atoms with van der Waals surface area (Å²) < 4.78 is 38.1. The molecule has 0 atom stereocenters. The Hall–Kier alpha value is -1.56. The molecule has 0 unspecified atom stereocenters. The first-order valence-electron chi connectivity index (χ1n) is 5.88. The molecule has 6 heteroatoms. The summed E-state index contributed by atoms with van der Waals surface area (Å²) in [5, 5.41) is 3.04. The van der Waals surface area contributed by atoms with Crippen molar-refractivity contribution in [2.45, 2.75) is 19.6 Å². The van der Waals surface area contributed by atoms with E-state index in [1.165, 1.54) is 12.3 Å². The predicted molar refractivity (Wildman–Crippen MR) is 75.4 cm³/mol. The minimum absolute atomic E-state index is 0.508. The highest BCUT2D eigenvalue weighted by atomic mass is 79.9. The van der Waals surface area contributed by atoms with Crippen LogP contribution in [0.1, 0.15) is 16.8 Å². The normalized spacial score (nSPS) is 11.4. The molecule has 1 aromatic carbocycles. The number of benzene rings is 1. The average Bonchev–Trinajstić information content (AvgIpc) is 2.37. The van der Waals surface area contributed by atoms with Gasteiger partial charge in [0.15, 0.2) is 0 Å². The molecule has 0 aliphatic rings. The van der Waals surface area contributed by atoms with E-state index in [4.69, 9.17) is 0 Å². The Morgan fingerprint density at radius 3 is 2.50 bits per heavy atom. The summed E-state index contributed by atoms with van der Waals surface area (Å²) >= 11 is 3.45. The van der Waals surface area contributed by atoms with E-state index in [2.05, 4.69) is 26.2 Å². The van der Waals surface area contributed by atoms with E-state index >= 15 is 0 Å². The first kappa shape index (κ1) is 14.8. The highest BCUT2D eigenvalue weighted by Crippen LogP contribution is 2.28. The molecule has 0 spiro atoms.